The molecule has 2 aromatic carbocycles. The number of halogens is 2. The van der Waals surface area contributed by atoms with Crippen LogP contribution in [0.4, 0.5) is 15.8 Å². The maximum absolute atomic E-state index is 13.3. The Hall–Kier alpha value is -2.14. The lowest BCUT2D eigenvalue weighted by Gasteiger charge is -2.08. The van der Waals surface area contributed by atoms with E-state index in [1.807, 2.05) is 31.2 Å². The highest BCUT2D eigenvalue weighted by molar-refractivity contribution is 6.31. The summed E-state index contributed by atoms with van der Waals surface area (Å²) in [6, 6.07) is 9.77. The highest BCUT2D eigenvalue weighted by Crippen LogP contribution is 2.30. The summed E-state index contributed by atoms with van der Waals surface area (Å²) in [6.07, 6.45) is 0. The van der Waals surface area contributed by atoms with E-state index in [1.165, 1.54) is 6.07 Å². The van der Waals surface area contributed by atoms with Gasteiger partial charge in [-0.25, -0.2) is 4.39 Å². The molecule has 2 rings (SSSR count). The minimum absolute atomic E-state index is 0.151. The molecule has 6 heteroatoms. The van der Waals surface area contributed by atoms with Crippen LogP contribution in [-0.2, 0) is 6.54 Å². The van der Waals surface area contributed by atoms with Crippen LogP contribution in [-0.4, -0.2) is 4.92 Å². The quantitative estimate of drug-likeness (QED) is 0.675. The summed E-state index contributed by atoms with van der Waals surface area (Å²) in [5, 5.41) is 13.7. The number of nitro groups is 1. The highest BCUT2D eigenvalue weighted by atomic mass is 35.5. The van der Waals surface area contributed by atoms with E-state index in [2.05, 4.69) is 5.32 Å². The molecule has 4 nitrogen and oxygen atoms in total. The van der Waals surface area contributed by atoms with E-state index in [4.69, 9.17) is 11.6 Å². The van der Waals surface area contributed by atoms with E-state index in [-0.39, 0.29) is 16.4 Å². The Morgan fingerprint density at radius 3 is 2.55 bits per heavy atom. The van der Waals surface area contributed by atoms with Crippen LogP contribution in [0, 0.1) is 22.9 Å². The Balaban J connectivity index is 2.22. The standard InChI is InChI=1S/C14H12ClFN2O2/c1-9-2-4-10(5-3-9)8-17-13-6-11(15)12(16)7-14(13)18(19)20/h2-7,17H,8H2,1H3. The number of aryl methyl sites for hydroxylation is 1. The van der Waals surface area contributed by atoms with Gasteiger partial charge in [-0.2, -0.15) is 0 Å². The summed E-state index contributed by atoms with van der Waals surface area (Å²) in [6.45, 7) is 2.37. The summed E-state index contributed by atoms with van der Waals surface area (Å²) in [5.74, 6) is -0.806. The number of anilines is 1. The predicted octanol–water partition coefficient (Wildman–Crippen LogP) is 4.31. The molecule has 0 bridgehead atoms. The molecule has 0 fully saturated rings. The van der Waals surface area contributed by atoms with Crippen molar-refractivity contribution in [2.75, 3.05) is 5.32 Å². The molecule has 0 aromatic heterocycles. The molecule has 0 radical (unpaired) electrons. The maximum Gasteiger partial charge on any atom is 0.295 e. The van der Waals surface area contributed by atoms with Crippen LogP contribution in [0.3, 0.4) is 0 Å². The van der Waals surface area contributed by atoms with Crippen LogP contribution in [0.2, 0.25) is 5.02 Å². The van der Waals surface area contributed by atoms with Gasteiger partial charge in [-0.05, 0) is 18.6 Å². The molecule has 0 spiro atoms. The van der Waals surface area contributed by atoms with E-state index in [1.54, 1.807) is 0 Å². The number of benzene rings is 2. The van der Waals surface area contributed by atoms with Gasteiger partial charge in [0.25, 0.3) is 5.69 Å². The van der Waals surface area contributed by atoms with E-state index in [9.17, 15) is 14.5 Å². The Morgan fingerprint density at radius 1 is 1.30 bits per heavy atom. The van der Waals surface area contributed by atoms with Crippen molar-refractivity contribution in [3.63, 3.8) is 0 Å². The molecule has 0 aliphatic carbocycles. The van der Waals surface area contributed by atoms with Crippen LogP contribution in [0.5, 0.6) is 0 Å². The molecule has 0 saturated heterocycles. The molecule has 2 aromatic rings. The first-order chi connectivity index (χ1) is 9.47. The average molecular weight is 295 g/mol. The van der Waals surface area contributed by atoms with Crippen molar-refractivity contribution >= 4 is 23.0 Å². The zero-order valence-corrected chi connectivity index (χ0v) is 11.4. The molecule has 0 aliphatic rings. The molecule has 0 aliphatic heterocycles. The van der Waals surface area contributed by atoms with Gasteiger partial charge in [0.1, 0.15) is 11.5 Å². The largest absolute Gasteiger partial charge is 0.375 e. The Kier molecular flexibility index (Phi) is 4.20. The summed E-state index contributed by atoms with van der Waals surface area (Å²) in [4.78, 5) is 10.3. The van der Waals surface area contributed by atoms with Gasteiger partial charge in [-0.15, -0.1) is 0 Å². The topological polar surface area (TPSA) is 55.2 Å². The zero-order chi connectivity index (χ0) is 14.7. The van der Waals surface area contributed by atoms with Crippen LogP contribution in [0.25, 0.3) is 0 Å². The molecular formula is C14H12ClFN2O2. The normalized spacial score (nSPS) is 10.3. The van der Waals surface area contributed by atoms with Crippen molar-refractivity contribution in [1.29, 1.82) is 0 Å². The van der Waals surface area contributed by atoms with E-state index >= 15 is 0 Å². The number of hydrogen-bond donors (Lipinski definition) is 1. The fourth-order valence-corrected chi connectivity index (χ4v) is 1.90. The molecule has 0 heterocycles. The van der Waals surface area contributed by atoms with Gasteiger partial charge in [0.05, 0.1) is 16.0 Å². The second-order valence-corrected chi connectivity index (χ2v) is 4.79. The van der Waals surface area contributed by atoms with E-state index in [0.717, 1.165) is 17.2 Å². The second kappa shape index (κ2) is 5.88. The number of nitro benzene ring substituents is 1. The average Bonchev–Trinajstić information content (AvgIpc) is 2.41. The van der Waals surface area contributed by atoms with Crippen LogP contribution >= 0.6 is 11.6 Å². The number of nitrogens with zero attached hydrogens (tertiary/aromatic N) is 1. The highest BCUT2D eigenvalue weighted by Gasteiger charge is 2.17. The molecule has 20 heavy (non-hydrogen) atoms. The van der Waals surface area contributed by atoms with Gasteiger partial charge in [-0.1, -0.05) is 41.4 Å². The molecule has 0 saturated carbocycles. The summed E-state index contributed by atoms with van der Waals surface area (Å²) < 4.78 is 13.3. The van der Waals surface area contributed by atoms with Crippen molar-refractivity contribution < 1.29 is 9.31 Å². The van der Waals surface area contributed by atoms with Crippen molar-refractivity contribution in [1.82, 2.24) is 0 Å². The molecule has 0 atom stereocenters. The fourth-order valence-electron chi connectivity index (χ4n) is 1.73. The predicted molar refractivity (Wildman–Crippen MR) is 76.6 cm³/mol. The monoisotopic (exact) mass is 294 g/mol. The Morgan fingerprint density at radius 2 is 1.95 bits per heavy atom. The molecule has 104 valence electrons. The number of nitrogens with one attached hydrogen (secondary N) is 1. The van der Waals surface area contributed by atoms with Crippen LogP contribution in [0.15, 0.2) is 36.4 Å². The van der Waals surface area contributed by atoms with Crippen LogP contribution < -0.4 is 5.32 Å². The van der Waals surface area contributed by atoms with E-state index in [0.29, 0.717) is 6.54 Å². The zero-order valence-electron chi connectivity index (χ0n) is 10.7. The van der Waals surface area contributed by atoms with Crippen molar-refractivity contribution in [3.8, 4) is 0 Å². The van der Waals surface area contributed by atoms with Gasteiger partial charge in [0, 0.05) is 6.54 Å². The molecule has 0 amide bonds. The van der Waals surface area contributed by atoms with Crippen molar-refractivity contribution in [3.05, 3.63) is 68.5 Å². The first-order valence-corrected chi connectivity index (χ1v) is 6.28. The lowest BCUT2D eigenvalue weighted by atomic mass is 10.1. The van der Waals surface area contributed by atoms with Crippen LogP contribution in [0.1, 0.15) is 11.1 Å². The van der Waals surface area contributed by atoms with E-state index < -0.39 is 10.7 Å². The van der Waals surface area contributed by atoms with Gasteiger partial charge in [-0.3, -0.25) is 10.1 Å². The van der Waals surface area contributed by atoms with Crippen molar-refractivity contribution in [2.45, 2.75) is 13.5 Å². The Bertz CT molecular complexity index is 644. The van der Waals surface area contributed by atoms with Gasteiger partial charge in [0.15, 0.2) is 0 Å². The number of rotatable bonds is 4. The number of hydrogen-bond acceptors (Lipinski definition) is 3. The minimum atomic E-state index is -0.806. The molecular weight excluding hydrogens is 283 g/mol. The lowest BCUT2D eigenvalue weighted by Crippen LogP contribution is -2.03. The fraction of sp³-hybridized carbons (Fsp3) is 0.143. The molecule has 0 unspecified atom stereocenters. The SMILES string of the molecule is Cc1ccc(CNc2cc(Cl)c(F)cc2[N+](=O)[O-])cc1. The molecule has 1 N–H and O–H groups in total. The van der Waals surface area contributed by atoms with Gasteiger partial charge in [0.2, 0.25) is 0 Å². The first-order valence-electron chi connectivity index (χ1n) is 5.90. The summed E-state index contributed by atoms with van der Waals surface area (Å²) >= 11 is 5.66. The van der Waals surface area contributed by atoms with Crippen molar-refractivity contribution in [2.24, 2.45) is 0 Å². The van der Waals surface area contributed by atoms with Gasteiger partial charge < -0.3 is 5.32 Å². The smallest absolute Gasteiger partial charge is 0.295 e. The maximum atomic E-state index is 13.3. The third-order valence-electron chi connectivity index (χ3n) is 2.84. The summed E-state index contributed by atoms with van der Waals surface area (Å²) in [7, 11) is 0. The minimum Gasteiger partial charge on any atom is -0.375 e. The third kappa shape index (κ3) is 3.24. The lowest BCUT2D eigenvalue weighted by molar-refractivity contribution is -0.384. The third-order valence-corrected chi connectivity index (χ3v) is 3.13. The Labute approximate surface area is 120 Å². The second-order valence-electron chi connectivity index (χ2n) is 4.38. The van der Waals surface area contributed by atoms with Gasteiger partial charge >= 0.3 is 0 Å². The first kappa shape index (κ1) is 14.3. The summed E-state index contributed by atoms with van der Waals surface area (Å²) in [5.41, 5.74) is 1.95.